The Morgan fingerprint density at radius 2 is 1.38 bits per heavy atom. The van der Waals surface area contributed by atoms with Gasteiger partial charge in [-0.25, -0.2) is 4.79 Å². The SMILES string of the molecule is CC(O)C(NC(=O)C(CCC(=O)O)NC(=O)C(N)CC(=O)O)C(=O)NC(CCCCN)C(=O)O. The van der Waals surface area contributed by atoms with Crippen molar-refractivity contribution in [2.24, 2.45) is 11.5 Å². The standard InChI is InChI=1S/C19H33N5O10/c1-9(25)15(18(32)23-12(19(33)34)4-2-3-7-20)24-17(31)11(5-6-13(26)27)22-16(30)10(21)8-14(28)29/h9-12,15,25H,2-8,20-21H2,1H3,(H,22,30)(H,23,32)(H,24,31)(H,26,27)(H,28,29)(H,33,34). The number of aliphatic hydroxyl groups excluding tert-OH is 1. The predicted molar refractivity (Wildman–Crippen MR) is 115 cm³/mol. The zero-order chi connectivity index (χ0) is 26.4. The number of hydrogen-bond acceptors (Lipinski definition) is 9. The summed E-state index contributed by atoms with van der Waals surface area (Å²) in [5, 5.41) is 43.4. The van der Waals surface area contributed by atoms with Gasteiger partial charge in [-0.15, -0.1) is 0 Å². The van der Waals surface area contributed by atoms with E-state index in [-0.39, 0.29) is 6.42 Å². The predicted octanol–water partition coefficient (Wildman–Crippen LogP) is -3.30. The van der Waals surface area contributed by atoms with Gasteiger partial charge in [0.05, 0.1) is 18.6 Å². The Bertz CT molecular complexity index is 745. The zero-order valence-electron chi connectivity index (χ0n) is 18.7. The molecule has 0 bridgehead atoms. The van der Waals surface area contributed by atoms with E-state index in [2.05, 4.69) is 16.0 Å². The fourth-order valence-corrected chi connectivity index (χ4v) is 2.77. The molecule has 3 amide bonds. The van der Waals surface area contributed by atoms with E-state index in [1.807, 2.05) is 0 Å². The van der Waals surface area contributed by atoms with Gasteiger partial charge in [0, 0.05) is 6.42 Å². The molecule has 0 aliphatic carbocycles. The Morgan fingerprint density at radius 1 is 0.794 bits per heavy atom. The molecule has 0 radical (unpaired) electrons. The third-order valence-corrected chi connectivity index (χ3v) is 4.64. The van der Waals surface area contributed by atoms with E-state index in [1.165, 1.54) is 0 Å². The Labute approximate surface area is 195 Å². The van der Waals surface area contributed by atoms with Gasteiger partial charge in [-0.1, -0.05) is 0 Å². The lowest BCUT2D eigenvalue weighted by Gasteiger charge is -2.26. The number of rotatable bonds is 17. The van der Waals surface area contributed by atoms with Crippen LogP contribution in [0.3, 0.4) is 0 Å². The Hall–Kier alpha value is -3.30. The van der Waals surface area contributed by atoms with E-state index in [9.17, 15) is 39.0 Å². The van der Waals surface area contributed by atoms with E-state index in [0.29, 0.717) is 19.4 Å². The number of hydrogen-bond donors (Lipinski definition) is 9. The zero-order valence-corrected chi connectivity index (χ0v) is 18.7. The molecule has 0 heterocycles. The average molecular weight is 491 g/mol. The van der Waals surface area contributed by atoms with Gasteiger partial charge in [-0.3, -0.25) is 24.0 Å². The van der Waals surface area contributed by atoms with Crippen LogP contribution in [0, 0.1) is 0 Å². The summed E-state index contributed by atoms with van der Waals surface area (Å²) in [5.74, 6) is -7.13. The van der Waals surface area contributed by atoms with Crippen LogP contribution < -0.4 is 27.4 Å². The number of nitrogens with one attached hydrogen (secondary N) is 3. The monoisotopic (exact) mass is 491 g/mol. The number of aliphatic carboxylic acids is 3. The van der Waals surface area contributed by atoms with Crippen LogP contribution in [0.15, 0.2) is 0 Å². The first-order valence-corrected chi connectivity index (χ1v) is 10.5. The van der Waals surface area contributed by atoms with Gasteiger partial charge in [0.15, 0.2) is 0 Å². The number of carboxylic acid groups (broad SMARTS) is 3. The molecule has 11 N–H and O–H groups in total. The molecule has 15 nitrogen and oxygen atoms in total. The van der Waals surface area contributed by atoms with E-state index in [4.69, 9.17) is 21.7 Å². The Morgan fingerprint density at radius 3 is 1.85 bits per heavy atom. The molecule has 0 saturated carbocycles. The van der Waals surface area contributed by atoms with Crippen molar-refractivity contribution in [2.75, 3.05) is 6.54 Å². The highest BCUT2D eigenvalue weighted by molar-refractivity contribution is 5.95. The molecule has 0 aromatic heterocycles. The van der Waals surface area contributed by atoms with Crippen molar-refractivity contribution in [1.82, 2.24) is 16.0 Å². The van der Waals surface area contributed by atoms with Crippen LogP contribution in [-0.2, 0) is 28.8 Å². The lowest BCUT2D eigenvalue weighted by atomic mass is 10.1. The first kappa shape index (κ1) is 30.7. The normalized spacial score (nSPS) is 15.2. The molecule has 0 aliphatic heterocycles. The van der Waals surface area contributed by atoms with Crippen LogP contribution in [0.4, 0.5) is 0 Å². The van der Waals surface area contributed by atoms with Gasteiger partial charge >= 0.3 is 17.9 Å². The summed E-state index contributed by atoms with van der Waals surface area (Å²) in [6.45, 7) is 1.48. The van der Waals surface area contributed by atoms with Crippen molar-refractivity contribution in [3.63, 3.8) is 0 Å². The molecule has 0 aliphatic rings. The molecule has 34 heavy (non-hydrogen) atoms. The summed E-state index contributed by atoms with van der Waals surface area (Å²) in [4.78, 5) is 70.4. The molecule has 0 saturated heterocycles. The highest BCUT2D eigenvalue weighted by Gasteiger charge is 2.33. The van der Waals surface area contributed by atoms with Crippen LogP contribution in [0.5, 0.6) is 0 Å². The number of aliphatic hydroxyl groups is 1. The van der Waals surface area contributed by atoms with Crippen molar-refractivity contribution < 1.29 is 49.2 Å². The van der Waals surface area contributed by atoms with E-state index >= 15 is 0 Å². The molecule has 194 valence electrons. The smallest absolute Gasteiger partial charge is 0.326 e. The number of carboxylic acids is 3. The summed E-state index contributed by atoms with van der Waals surface area (Å²) in [7, 11) is 0. The van der Waals surface area contributed by atoms with Gasteiger partial charge in [-0.2, -0.15) is 0 Å². The number of carbonyl (C=O) groups excluding carboxylic acids is 3. The molecule has 0 rings (SSSR count). The van der Waals surface area contributed by atoms with Crippen molar-refractivity contribution in [3.8, 4) is 0 Å². The van der Waals surface area contributed by atoms with Crippen LogP contribution in [0.25, 0.3) is 0 Å². The van der Waals surface area contributed by atoms with Crippen LogP contribution in [-0.4, -0.2) is 92.9 Å². The molecule has 5 unspecified atom stereocenters. The number of amides is 3. The molecule has 0 fully saturated rings. The number of unbranched alkanes of at least 4 members (excludes halogenated alkanes) is 1. The minimum Gasteiger partial charge on any atom is -0.481 e. The summed E-state index contributed by atoms with van der Waals surface area (Å²) in [6, 6.07) is -6.01. The lowest BCUT2D eigenvalue weighted by Crippen LogP contribution is -2.60. The minimum atomic E-state index is -1.64. The quantitative estimate of drug-likeness (QED) is 0.0905. The van der Waals surface area contributed by atoms with Crippen molar-refractivity contribution >= 4 is 35.6 Å². The summed E-state index contributed by atoms with van der Waals surface area (Å²) in [5.41, 5.74) is 10.8. The topological polar surface area (TPSA) is 271 Å². The minimum absolute atomic E-state index is 0.0531. The van der Waals surface area contributed by atoms with E-state index in [0.717, 1.165) is 6.92 Å². The second-order valence-corrected chi connectivity index (χ2v) is 7.61. The van der Waals surface area contributed by atoms with Gasteiger partial charge in [0.25, 0.3) is 0 Å². The van der Waals surface area contributed by atoms with Crippen LogP contribution >= 0.6 is 0 Å². The Kier molecular flexibility index (Phi) is 14.0. The molecular weight excluding hydrogens is 458 g/mol. The van der Waals surface area contributed by atoms with Crippen LogP contribution in [0.2, 0.25) is 0 Å². The average Bonchev–Trinajstić information content (AvgIpc) is 2.72. The largest absolute Gasteiger partial charge is 0.481 e. The molecule has 15 heteroatoms. The molecule has 0 aromatic carbocycles. The first-order chi connectivity index (χ1) is 15.8. The molecule has 5 atom stereocenters. The summed E-state index contributed by atoms with van der Waals surface area (Å²) >= 11 is 0. The fourth-order valence-electron chi connectivity index (χ4n) is 2.77. The highest BCUT2D eigenvalue weighted by Crippen LogP contribution is 2.05. The third kappa shape index (κ3) is 12.1. The lowest BCUT2D eigenvalue weighted by molar-refractivity contribution is -0.143. The highest BCUT2D eigenvalue weighted by atomic mass is 16.4. The maximum atomic E-state index is 12.7. The number of carbonyl (C=O) groups is 6. The van der Waals surface area contributed by atoms with Crippen molar-refractivity contribution in [3.05, 3.63) is 0 Å². The van der Waals surface area contributed by atoms with E-state index < -0.39 is 85.2 Å². The fraction of sp³-hybridized carbons (Fsp3) is 0.684. The summed E-state index contributed by atoms with van der Waals surface area (Å²) < 4.78 is 0. The maximum Gasteiger partial charge on any atom is 0.326 e. The first-order valence-electron chi connectivity index (χ1n) is 10.5. The molecular formula is C19H33N5O10. The van der Waals surface area contributed by atoms with Crippen LogP contribution in [0.1, 0.15) is 45.4 Å². The summed E-state index contributed by atoms with van der Waals surface area (Å²) in [6.07, 6.45) is -2.27. The van der Waals surface area contributed by atoms with Crippen molar-refractivity contribution in [2.45, 2.75) is 75.7 Å². The van der Waals surface area contributed by atoms with Gasteiger partial charge < -0.3 is 47.8 Å². The molecule has 0 aromatic rings. The number of nitrogens with two attached hydrogens (primary N) is 2. The maximum absolute atomic E-state index is 12.7. The molecule has 0 spiro atoms. The van der Waals surface area contributed by atoms with Gasteiger partial charge in [-0.05, 0) is 39.2 Å². The van der Waals surface area contributed by atoms with Gasteiger partial charge in [0.1, 0.15) is 18.1 Å². The van der Waals surface area contributed by atoms with Gasteiger partial charge in [0.2, 0.25) is 17.7 Å². The second-order valence-electron chi connectivity index (χ2n) is 7.61. The second kappa shape index (κ2) is 15.5. The van der Waals surface area contributed by atoms with E-state index in [1.54, 1.807) is 0 Å². The van der Waals surface area contributed by atoms with Crippen molar-refractivity contribution in [1.29, 1.82) is 0 Å². The third-order valence-electron chi connectivity index (χ3n) is 4.64. The Balaban J connectivity index is 5.44.